The second-order valence-electron chi connectivity index (χ2n) is 3.63. The molecule has 0 unspecified atom stereocenters. The van der Waals surface area contributed by atoms with E-state index in [-0.39, 0.29) is 0 Å². The van der Waals surface area contributed by atoms with E-state index in [1.807, 2.05) is 13.0 Å². The van der Waals surface area contributed by atoms with Crippen molar-refractivity contribution >= 4 is 16.9 Å². The summed E-state index contributed by atoms with van der Waals surface area (Å²) >= 11 is 1.62. The summed E-state index contributed by atoms with van der Waals surface area (Å²) in [5.41, 5.74) is 9.42. The molecule has 0 saturated carbocycles. The van der Waals surface area contributed by atoms with Crippen molar-refractivity contribution in [3.8, 4) is 0 Å². The van der Waals surface area contributed by atoms with Gasteiger partial charge >= 0.3 is 0 Å². The van der Waals surface area contributed by atoms with Crippen molar-refractivity contribution in [1.29, 1.82) is 0 Å². The van der Waals surface area contributed by atoms with Crippen molar-refractivity contribution in [2.24, 2.45) is 10.7 Å². The van der Waals surface area contributed by atoms with Crippen LogP contribution in [-0.2, 0) is 0 Å². The molecule has 2 nitrogen and oxygen atoms in total. The molecule has 0 spiro atoms. The van der Waals surface area contributed by atoms with E-state index in [0.717, 1.165) is 5.70 Å². The fraction of sp³-hybridized carbons (Fsp3) is 0.250. The summed E-state index contributed by atoms with van der Waals surface area (Å²) < 4.78 is 0. The van der Waals surface area contributed by atoms with Crippen molar-refractivity contribution in [1.82, 2.24) is 0 Å². The van der Waals surface area contributed by atoms with Crippen molar-refractivity contribution in [2.45, 2.75) is 19.1 Å². The first-order valence-corrected chi connectivity index (χ1v) is 5.79. The van der Waals surface area contributed by atoms with Crippen LogP contribution in [0, 0.1) is 0 Å². The fourth-order valence-electron chi connectivity index (χ4n) is 1.62. The number of nitrogens with two attached hydrogens (primary N) is 1. The molecule has 2 rings (SSSR count). The molecule has 0 aromatic heterocycles. The van der Waals surface area contributed by atoms with Gasteiger partial charge in [-0.05, 0) is 25.0 Å². The average molecular weight is 218 g/mol. The van der Waals surface area contributed by atoms with Crippen LogP contribution in [0.25, 0.3) is 0 Å². The highest BCUT2D eigenvalue weighted by molar-refractivity contribution is 8.14. The number of hydrogen-bond acceptors (Lipinski definition) is 3. The third-order valence-electron chi connectivity index (χ3n) is 2.58. The molecule has 0 amide bonds. The van der Waals surface area contributed by atoms with Crippen LogP contribution in [0.4, 0.5) is 0 Å². The molecule has 1 aromatic rings. The highest BCUT2D eigenvalue weighted by Crippen LogP contribution is 2.40. The first-order valence-electron chi connectivity index (χ1n) is 4.91. The number of amidine groups is 1. The summed E-state index contributed by atoms with van der Waals surface area (Å²) in [4.78, 5) is 4.28. The second-order valence-corrected chi connectivity index (χ2v) is 4.75. The standard InChI is InChI=1S/C12H14N2S/c1-8-9(2)14-12(13)15-11(8)10-6-4-3-5-7-10/h3-7,11H,1-2H3,(H2,13,14)/t11-/m0/s1. The SMILES string of the molecule is CC1=C(C)[C@@H](c2ccccc2)SC(N)=N1. The maximum absolute atomic E-state index is 5.79. The largest absolute Gasteiger partial charge is 0.378 e. The van der Waals surface area contributed by atoms with Gasteiger partial charge in [0.25, 0.3) is 0 Å². The molecule has 1 aliphatic rings. The molecule has 0 fully saturated rings. The molecule has 2 N–H and O–H groups in total. The third kappa shape index (κ3) is 2.07. The van der Waals surface area contributed by atoms with E-state index in [0.29, 0.717) is 10.4 Å². The number of benzene rings is 1. The van der Waals surface area contributed by atoms with Gasteiger partial charge in [0.2, 0.25) is 0 Å². The Balaban J connectivity index is 2.37. The zero-order valence-corrected chi connectivity index (χ0v) is 9.71. The normalized spacial score (nSPS) is 21.5. The van der Waals surface area contributed by atoms with E-state index >= 15 is 0 Å². The van der Waals surface area contributed by atoms with Gasteiger partial charge in [-0.1, -0.05) is 42.1 Å². The predicted molar refractivity (Wildman–Crippen MR) is 66.8 cm³/mol. The molecule has 78 valence electrons. The zero-order chi connectivity index (χ0) is 10.8. The molecule has 0 bridgehead atoms. The number of allylic oxidation sites excluding steroid dienone is 1. The van der Waals surface area contributed by atoms with E-state index in [1.54, 1.807) is 11.8 Å². The minimum atomic E-state index is 0.323. The molecule has 15 heavy (non-hydrogen) atoms. The highest BCUT2D eigenvalue weighted by atomic mass is 32.2. The number of aliphatic imine (C=N–C) groups is 1. The molecule has 1 atom stereocenters. The lowest BCUT2D eigenvalue weighted by molar-refractivity contribution is 1.04. The first kappa shape index (κ1) is 10.3. The molecule has 0 saturated heterocycles. The number of thioether (sulfide) groups is 1. The van der Waals surface area contributed by atoms with Crippen LogP contribution >= 0.6 is 11.8 Å². The summed E-state index contributed by atoms with van der Waals surface area (Å²) in [7, 11) is 0. The van der Waals surface area contributed by atoms with Crippen molar-refractivity contribution in [3.63, 3.8) is 0 Å². The van der Waals surface area contributed by atoms with E-state index in [9.17, 15) is 0 Å². The van der Waals surface area contributed by atoms with E-state index in [4.69, 9.17) is 5.73 Å². The fourth-order valence-corrected chi connectivity index (χ4v) is 2.70. The third-order valence-corrected chi connectivity index (χ3v) is 3.78. The predicted octanol–water partition coefficient (Wildman–Crippen LogP) is 3.08. The van der Waals surface area contributed by atoms with E-state index in [1.165, 1.54) is 11.1 Å². The van der Waals surface area contributed by atoms with Gasteiger partial charge in [-0.2, -0.15) is 0 Å². The second kappa shape index (κ2) is 4.11. The zero-order valence-electron chi connectivity index (χ0n) is 8.90. The van der Waals surface area contributed by atoms with Crippen LogP contribution in [0.2, 0.25) is 0 Å². The molecule has 1 heterocycles. The molecule has 1 aliphatic heterocycles. The molecule has 1 aromatic carbocycles. The minimum Gasteiger partial charge on any atom is -0.378 e. The van der Waals surface area contributed by atoms with E-state index in [2.05, 4.69) is 36.2 Å². The van der Waals surface area contributed by atoms with Gasteiger partial charge in [0.15, 0.2) is 5.17 Å². The number of rotatable bonds is 1. The van der Waals surface area contributed by atoms with Crippen LogP contribution < -0.4 is 5.73 Å². The van der Waals surface area contributed by atoms with Crippen molar-refractivity contribution in [2.75, 3.05) is 0 Å². The summed E-state index contributed by atoms with van der Waals surface area (Å²) in [5.74, 6) is 0. The lowest BCUT2D eigenvalue weighted by atomic mass is 10.0. The lowest BCUT2D eigenvalue weighted by Gasteiger charge is -2.22. The molecule has 0 aliphatic carbocycles. The Labute approximate surface area is 94.3 Å². The quantitative estimate of drug-likeness (QED) is 0.786. The Kier molecular flexibility index (Phi) is 2.82. The summed E-state index contributed by atoms with van der Waals surface area (Å²) in [6.45, 7) is 4.13. The lowest BCUT2D eigenvalue weighted by Crippen LogP contribution is -2.15. The number of nitrogens with zero attached hydrogens (tertiary/aromatic N) is 1. The van der Waals surface area contributed by atoms with Gasteiger partial charge in [0.05, 0.1) is 5.25 Å². The van der Waals surface area contributed by atoms with Gasteiger partial charge in [0, 0.05) is 5.70 Å². The molecule has 0 radical (unpaired) electrons. The topological polar surface area (TPSA) is 38.4 Å². The Morgan fingerprint density at radius 1 is 1.20 bits per heavy atom. The van der Waals surface area contributed by atoms with Gasteiger partial charge in [0.1, 0.15) is 0 Å². The first-order chi connectivity index (χ1) is 7.18. The minimum absolute atomic E-state index is 0.323. The molecule has 3 heteroatoms. The van der Waals surface area contributed by atoms with Crippen LogP contribution in [0.15, 0.2) is 46.6 Å². The van der Waals surface area contributed by atoms with E-state index < -0.39 is 0 Å². The summed E-state index contributed by atoms with van der Waals surface area (Å²) in [5, 5.41) is 0.982. The number of hydrogen-bond donors (Lipinski definition) is 1. The van der Waals surface area contributed by atoms with Gasteiger partial charge in [-0.3, -0.25) is 0 Å². The Hall–Kier alpha value is -1.22. The Morgan fingerprint density at radius 2 is 1.87 bits per heavy atom. The molecular formula is C12H14N2S. The van der Waals surface area contributed by atoms with Gasteiger partial charge < -0.3 is 5.73 Å². The highest BCUT2D eigenvalue weighted by Gasteiger charge is 2.21. The van der Waals surface area contributed by atoms with Crippen LogP contribution in [0.1, 0.15) is 24.7 Å². The van der Waals surface area contributed by atoms with Gasteiger partial charge in [-0.15, -0.1) is 0 Å². The Morgan fingerprint density at radius 3 is 2.53 bits per heavy atom. The van der Waals surface area contributed by atoms with Gasteiger partial charge in [-0.25, -0.2) is 4.99 Å². The Bertz CT molecular complexity index is 421. The average Bonchev–Trinajstić information content (AvgIpc) is 2.24. The maximum Gasteiger partial charge on any atom is 0.159 e. The van der Waals surface area contributed by atoms with Crippen molar-refractivity contribution in [3.05, 3.63) is 47.2 Å². The van der Waals surface area contributed by atoms with Crippen LogP contribution in [-0.4, -0.2) is 5.17 Å². The summed E-state index contributed by atoms with van der Waals surface area (Å²) in [6, 6.07) is 10.4. The molecular weight excluding hydrogens is 204 g/mol. The summed E-state index contributed by atoms with van der Waals surface area (Å²) in [6.07, 6.45) is 0. The monoisotopic (exact) mass is 218 g/mol. The van der Waals surface area contributed by atoms with Crippen LogP contribution in [0.5, 0.6) is 0 Å². The maximum atomic E-state index is 5.79. The van der Waals surface area contributed by atoms with Crippen LogP contribution in [0.3, 0.4) is 0 Å². The van der Waals surface area contributed by atoms with Crippen molar-refractivity contribution < 1.29 is 0 Å². The smallest absolute Gasteiger partial charge is 0.159 e.